The molecule has 0 spiro atoms. The Hall–Kier alpha value is -1.27. The summed E-state index contributed by atoms with van der Waals surface area (Å²) in [4.78, 5) is 16.5. The molecule has 1 heterocycles. The molecule has 0 radical (unpaired) electrons. The van der Waals surface area contributed by atoms with Gasteiger partial charge in [-0.3, -0.25) is 4.79 Å². The molecule has 1 fully saturated rings. The lowest BCUT2D eigenvalue weighted by Gasteiger charge is -2.37. The van der Waals surface area contributed by atoms with Crippen molar-refractivity contribution in [2.75, 3.05) is 43.4 Å². The van der Waals surface area contributed by atoms with Crippen LogP contribution >= 0.6 is 11.8 Å². The Kier molecular flexibility index (Phi) is 6.72. The minimum atomic E-state index is -0.231. The average molecular weight is 340 g/mol. The van der Waals surface area contributed by atoms with Gasteiger partial charge in [-0.2, -0.15) is 0 Å². The van der Waals surface area contributed by atoms with Crippen LogP contribution in [0.3, 0.4) is 0 Å². The summed E-state index contributed by atoms with van der Waals surface area (Å²) in [6.45, 7) is 6.98. The van der Waals surface area contributed by atoms with Crippen LogP contribution in [0.25, 0.3) is 0 Å². The highest BCUT2D eigenvalue weighted by atomic mass is 32.2. The first-order valence-corrected chi connectivity index (χ1v) is 9.08. The lowest BCUT2D eigenvalue weighted by atomic mass is 10.2. The van der Waals surface area contributed by atoms with Crippen molar-refractivity contribution in [1.29, 1.82) is 0 Å². The molecule has 0 aromatic heterocycles. The maximum Gasteiger partial charge on any atom is 0.235 e. The number of hydrogen-bond acceptors (Lipinski definition) is 4. The molecule has 0 saturated carbocycles. The fraction of sp³-hybridized carbons (Fsp3) is 0.588. The fourth-order valence-corrected chi connectivity index (χ4v) is 3.54. The van der Waals surface area contributed by atoms with Crippen LogP contribution in [0, 0.1) is 11.7 Å². The summed E-state index contributed by atoms with van der Waals surface area (Å²) in [5.74, 6) is 0.939. The minimum Gasteiger partial charge on any atom is -0.396 e. The second-order valence-corrected chi connectivity index (χ2v) is 7.43. The van der Waals surface area contributed by atoms with Crippen LogP contribution < -0.4 is 4.90 Å². The van der Waals surface area contributed by atoms with Crippen molar-refractivity contribution >= 4 is 23.4 Å². The zero-order valence-electron chi connectivity index (χ0n) is 13.7. The van der Waals surface area contributed by atoms with Gasteiger partial charge in [0.05, 0.1) is 5.25 Å². The van der Waals surface area contributed by atoms with Gasteiger partial charge in [-0.15, -0.1) is 11.8 Å². The van der Waals surface area contributed by atoms with Gasteiger partial charge in [-0.25, -0.2) is 4.39 Å². The second-order valence-electron chi connectivity index (χ2n) is 6.05. The molecule has 1 saturated heterocycles. The number of amides is 1. The Balaban J connectivity index is 1.81. The van der Waals surface area contributed by atoms with Crippen molar-refractivity contribution in [1.82, 2.24) is 4.90 Å². The van der Waals surface area contributed by atoms with Crippen LogP contribution in [-0.4, -0.2) is 59.7 Å². The van der Waals surface area contributed by atoms with Crippen molar-refractivity contribution in [2.45, 2.75) is 19.1 Å². The summed E-state index contributed by atoms with van der Waals surface area (Å²) in [6.07, 6.45) is 0. The highest BCUT2D eigenvalue weighted by Gasteiger charge is 2.25. The molecule has 0 aliphatic carbocycles. The number of aliphatic hydroxyl groups excluding tert-OH is 1. The Bertz CT molecular complexity index is 504. The molecule has 23 heavy (non-hydrogen) atoms. The number of thioether (sulfide) groups is 1. The number of benzene rings is 1. The van der Waals surface area contributed by atoms with E-state index in [-0.39, 0.29) is 29.5 Å². The lowest BCUT2D eigenvalue weighted by molar-refractivity contribution is -0.130. The van der Waals surface area contributed by atoms with Crippen LogP contribution in [0.4, 0.5) is 10.1 Å². The Morgan fingerprint density at radius 3 is 2.39 bits per heavy atom. The molecule has 1 aliphatic heterocycles. The zero-order chi connectivity index (χ0) is 16.8. The van der Waals surface area contributed by atoms with Crippen LogP contribution in [0.15, 0.2) is 24.3 Å². The van der Waals surface area contributed by atoms with Gasteiger partial charge in [-0.1, -0.05) is 6.92 Å². The highest BCUT2D eigenvalue weighted by Crippen LogP contribution is 2.20. The molecule has 2 unspecified atom stereocenters. The van der Waals surface area contributed by atoms with E-state index in [9.17, 15) is 9.18 Å². The number of aliphatic hydroxyl groups is 1. The molecular formula is C17H25FN2O2S. The number of rotatable bonds is 6. The molecule has 1 N–H and O–H groups in total. The quantitative estimate of drug-likeness (QED) is 0.862. The predicted octanol–water partition coefficient (Wildman–Crippen LogP) is 2.22. The molecule has 0 bridgehead atoms. The van der Waals surface area contributed by atoms with E-state index >= 15 is 0 Å². The van der Waals surface area contributed by atoms with Crippen LogP contribution in [0.5, 0.6) is 0 Å². The van der Waals surface area contributed by atoms with E-state index in [1.165, 1.54) is 12.1 Å². The summed E-state index contributed by atoms with van der Waals surface area (Å²) in [5, 5.41) is 8.97. The van der Waals surface area contributed by atoms with Gasteiger partial charge in [0, 0.05) is 38.5 Å². The van der Waals surface area contributed by atoms with E-state index in [2.05, 4.69) is 4.90 Å². The van der Waals surface area contributed by atoms with E-state index in [4.69, 9.17) is 5.11 Å². The van der Waals surface area contributed by atoms with E-state index < -0.39 is 0 Å². The van der Waals surface area contributed by atoms with Crippen molar-refractivity contribution in [3.8, 4) is 0 Å². The van der Waals surface area contributed by atoms with Crippen LogP contribution in [0.1, 0.15) is 13.8 Å². The van der Waals surface area contributed by atoms with Gasteiger partial charge < -0.3 is 14.9 Å². The number of piperazine rings is 1. The van der Waals surface area contributed by atoms with E-state index in [0.29, 0.717) is 13.1 Å². The van der Waals surface area contributed by atoms with Crippen molar-refractivity contribution in [3.63, 3.8) is 0 Å². The maximum atomic E-state index is 13.0. The standard InChI is InChI=1S/C17H25FN2O2S/c1-13(11-21)12-23-14(2)17(22)20-9-7-19(8-10-20)16-5-3-15(18)4-6-16/h3-6,13-14,21H,7-12H2,1-2H3. The number of hydrogen-bond donors (Lipinski definition) is 1. The van der Waals surface area contributed by atoms with E-state index in [1.807, 2.05) is 18.7 Å². The third-order valence-corrected chi connectivity index (χ3v) is 5.54. The summed E-state index contributed by atoms with van der Waals surface area (Å²) in [6, 6.07) is 6.49. The summed E-state index contributed by atoms with van der Waals surface area (Å²) >= 11 is 1.60. The molecule has 4 nitrogen and oxygen atoms in total. The van der Waals surface area contributed by atoms with E-state index in [0.717, 1.165) is 24.5 Å². The van der Waals surface area contributed by atoms with E-state index in [1.54, 1.807) is 23.9 Å². The molecule has 128 valence electrons. The molecular weight excluding hydrogens is 315 g/mol. The van der Waals surface area contributed by atoms with Crippen molar-refractivity contribution in [3.05, 3.63) is 30.1 Å². The van der Waals surface area contributed by atoms with Gasteiger partial charge in [0.15, 0.2) is 0 Å². The molecule has 1 aromatic carbocycles. The summed E-state index contributed by atoms with van der Waals surface area (Å²) in [7, 11) is 0. The Labute approximate surface area is 141 Å². The first-order chi connectivity index (χ1) is 11.0. The maximum absolute atomic E-state index is 13.0. The van der Waals surface area contributed by atoms with Gasteiger partial charge >= 0.3 is 0 Å². The van der Waals surface area contributed by atoms with Crippen LogP contribution in [-0.2, 0) is 4.79 Å². The van der Waals surface area contributed by atoms with Gasteiger partial charge in [0.25, 0.3) is 0 Å². The average Bonchev–Trinajstić information content (AvgIpc) is 2.59. The number of halogens is 1. The minimum absolute atomic E-state index is 0.0821. The SMILES string of the molecule is CC(CO)CSC(C)C(=O)N1CCN(c2ccc(F)cc2)CC1. The van der Waals surface area contributed by atoms with Crippen molar-refractivity contribution < 1.29 is 14.3 Å². The topological polar surface area (TPSA) is 43.8 Å². The largest absolute Gasteiger partial charge is 0.396 e. The molecule has 1 aliphatic rings. The monoisotopic (exact) mass is 340 g/mol. The number of anilines is 1. The smallest absolute Gasteiger partial charge is 0.235 e. The van der Waals surface area contributed by atoms with Crippen molar-refractivity contribution in [2.24, 2.45) is 5.92 Å². The summed E-state index contributed by atoms with van der Waals surface area (Å²) in [5.41, 5.74) is 0.998. The third-order valence-electron chi connectivity index (χ3n) is 4.07. The molecule has 1 aromatic rings. The number of carbonyl (C=O) groups excluding carboxylic acids is 1. The Morgan fingerprint density at radius 1 is 1.22 bits per heavy atom. The first kappa shape index (κ1) is 18.1. The number of nitrogens with zero attached hydrogens (tertiary/aromatic N) is 2. The number of carbonyl (C=O) groups is 1. The third kappa shape index (κ3) is 5.11. The van der Waals surface area contributed by atoms with Gasteiger partial charge in [0.1, 0.15) is 5.82 Å². The normalized spacial score (nSPS) is 17.9. The zero-order valence-corrected chi connectivity index (χ0v) is 14.6. The first-order valence-electron chi connectivity index (χ1n) is 8.03. The van der Waals surface area contributed by atoms with Gasteiger partial charge in [0.2, 0.25) is 5.91 Å². The fourth-order valence-electron chi connectivity index (χ4n) is 2.53. The molecule has 1 amide bonds. The van der Waals surface area contributed by atoms with Gasteiger partial charge in [-0.05, 0) is 42.9 Å². The second kappa shape index (κ2) is 8.55. The molecule has 2 rings (SSSR count). The van der Waals surface area contributed by atoms with Crippen LogP contribution in [0.2, 0.25) is 0 Å². The lowest BCUT2D eigenvalue weighted by Crippen LogP contribution is -2.50. The molecule has 2 atom stereocenters. The predicted molar refractivity (Wildman–Crippen MR) is 93.4 cm³/mol. The Morgan fingerprint density at radius 2 is 1.83 bits per heavy atom. The highest BCUT2D eigenvalue weighted by molar-refractivity contribution is 8.00. The summed E-state index contributed by atoms with van der Waals surface area (Å²) < 4.78 is 13.0. The molecule has 6 heteroatoms.